The Labute approximate surface area is 194 Å². The molecule has 32 heavy (non-hydrogen) atoms. The third kappa shape index (κ3) is 5.22. The van der Waals surface area contributed by atoms with Gasteiger partial charge < -0.3 is 0 Å². The molecule has 4 aromatic rings. The molecule has 0 radical (unpaired) electrons. The molecule has 0 aliphatic heterocycles. The Morgan fingerprint density at radius 3 is 2.47 bits per heavy atom. The molecule has 2 heterocycles. The smallest absolute Gasteiger partial charge is 0.250 e. The van der Waals surface area contributed by atoms with Crippen molar-refractivity contribution < 1.29 is 4.79 Å². The number of hydrogen-bond acceptors (Lipinski definition) is 6. The van der Waals surface area contributed by atoms with Gasteiger partial charge in [-0.2, -0.15) is 5.10 Å². The fourth-order valence-corrected chi connectivity index (χ4v) is 3.80. The van der Waals surface area contributed by atoms with Gasteiger partial charge in [-0.3, -0.25) is 14.3 Å². The highest BCUT2D eigenvalue weighted by atomic mass is 35.5. The molecule has 0 unspecified atom stereocenters. The van der Waals surface area contributed by atoms with Gasteiger partial charge in [-0.1, -0.05) is 41.6 Å². The van der Waals surface area contributed by atoms with Crippen LogP contribution < -0.4 is 5.43 Å². The average Bonchev–Trinajstić information content (AvgIpc) is 3.26. The van der Waals surface area contributed by atoms with Crippen molar-refractivity contribution in [3.8, 4) is 17.1 Å². The number of amides is 1. The van der Waals surface area contributed by atoms with E-state index in [9.17, 15) is 4.79 Å². The molecule has 0 aliphatic rings. The number of thioether (sulfide) groups is 1. The number of nitrogens with one attached hydrogen (secondary N) is 1. The van der Waals surface area contributed by atoms with Gasteiger partial charge in [-0.15, -0.1) is 10.2 Å². The summed E-state index contributed by atoms with van der Waals surface area (Å²) in [7, 11) is 0. The highest BCUT2D eigenvalue weighted by molar-refractivity contribution is 7.99. The molecule has 2 aromatic heterocycles. The fraction of sp³-hybridized carbons (Fsp3) is 0.0870. The minimum atomic E-state index is -0.237. The van der Waals surface area contributed by atoms with Crippen LogP contribution in [0.3, 0.4) is 0 Å². The molecular weight excluding hydrogens is 444 g/mol. The molecule has 160 valence electrons. The molecule has 1 N–H and O–H groups in total. The maximum absolute atomic E-state index is 12.4. The molecule has 7 nitrogen and oxygen atoms in total. The molecule has 0 bridgehead atoms. The van der Waals surface area contributed by atoms with Crippen LogP contribution in [0.5, 0.6) is 0 Å². The Bertz CT molecular complexity index is 1230. The Morgan fingerprint density at radius 2 is 1.75 bits per heavy atom. The van der Waals surface area contributed by atoms with Crippen molar-refractivity contribution >= 4 is 35.0 Å². The second-order valence-corrected chi connectivity index (χ2v) is 8.12. The number of hydrazone groups is 1. The first-order valence-corrected chi connectivity index (χ1v) is 11.1. The number of nitrogens with zero attached hydrogens (tertiary/aromatic N) is 5. The molecular formula is C23H19ClN6OS. The zero-order valence-corrected chi connectivity index (χ0v) is 18.7. The molecule has 2 aromatic carbocycles. The van der Waals surface area contributed by atoms with Crippen molar-refractivity contribution in [2.24, 2.45) is 5.10 Å². The first kappa shape index (κ1) is 21.7. The van der Waals surface area contributed by atoms with Gasteiger partial charge in [-0.05, 0) is 55.5 Å². The number of hydrogen-bond donors (Lipinski definition) is 1. The number of para-hydroxylation sites is 1. The van der Waals surface area contributed by atoms with E-state index in [0.717, 1.165) is 16.8 Å². The average molecular weight is 463 g/mol. The normalized spacial score (nSPS) is 11.4. The van der Waals surface area contributed by atoms with E-state index in [1.807, 2.05) is 78.2 Å². The van der Waals surface area contributed by atoms with Crippen LogP contribution in [0.1, 0.15) is 12.5 Å². The predicted molar refractivity (Wildman–Crippen MR) is 127 cm³/mol. The summed E-state index contributed by atoms with van der Waals surface area (Å²) >= 11 is 7.32. The van der Waals surface area contributed by atoms with Gasteiger partial charge in [0.2, 0.25) is 0 Å². The fourth-order valence-electron chi connectivity index (χ4n) is 2.93. The highest BCUT2D eigenvalue weighted by Gasteiger charge is 2.17. The molecule has 0 saturated heterocycles. The van der Waals surface area contributed by atoms with Gasteiger partial charge in [-0.25, -0.2) is 5.43 Å². The van der Waals surface area contributed by atoms with E-state index in [0.29, 0.717) is 21.7 Å². The first-order valence-electron chi connectivity index (χ1n) is 9.75. The summed E-state index contributed by atoms with van der Waals surface area (Å²) in [6, 6.07) is 20.8. The number of carbonyl (C=O) groups is 1. The van der Waals surface area contributed by atoms with Gasteiger partial charge in [0.1, 0.15) is 0 Å². The number of pyridine rings is 1. The number of benzene rings is 2. The van der Waals surface area contributed by atoms with Crippen LogP contribution in [0.25, 0.3) is 17.1 Å². The Hall–Kier alpha value is -3.49. The summed E-state index contributed by atoms with van der Waals surface area (Å²) in [5.74, 6) is 0.569. The van der Waals surface area contributed by atoms with Gasteiger partial charge in [0.05, 0.1) is 11.5 Å². The summed E-state index contributed by atoms with van der Waals surface area (Å²) < 4.78 is 1.92. The van der Waals surface area contributed by atoms with Crippen molar-refractivity contribution in [2.45, 2.75) is 12.1 Å². The van der Waals surface area contributed by atoms with E-state index >= 15 is 0 Å². The highest BCUT2D eigenvalue weighted by Crippen LogP contribution is 2.28. The van der Waals surface area contributed by atoms with E-state index in [1.165, 1.54) is 11.8 Å². The lowest BCUT2D eigenvalue weighted by atomic mass is 10.2. The Morgan fingerprint density at radius 1 is 1.03 bits per heavy atom. The van der Waals surface area contributed by atoms with E-state index in [-0.39, 0.29) is 11.7 Å². The maximum atomic E-state index is 12.4. The summed E-state index contributed by atoms with van der Waals surface area (Å²) in [4.78, 5) is 16.4. The van der Waals surface area contributed by atoms with Crippen molar-refractivity contribution in [3.05, 3.63) is 89.7 Å². The summed E-state index contributed by atoms with van der Waals surface area (Å²) in [6.45, 7) is 1.83. The van der Waals surface area contributed by atoms with E-state index in [2.05, 4.69) is 25.7 Å². The maximum Gasteiger partial charge on any atom is 0.250 e. The molecule has 0 atom stereocenters. The van der Waals surface area contributed by atoms with Crippen LogP contribution in [-0.2, 0) is 4.79 Å². The van der Waals surface area contributed by atoms with E-state index < -0.39 is 0 Å². The SMILES string of the molecule is CC(=NNC(=O)CSc1nnc(-c2ccc(Cl)cc2)n1-c1ccccc1)c1ccncc1. The summed E-state index contributed by atoms with van der Waals surface area (Å²) in [5, 5.41) is 14.1. The van der Waals surface area contributed by atoms with Crippen molar-refractivity contribution in [1.82, 2.24) is 25.2 Å². The second kappa shape index (κ2) is 10.2. The van der Waals surface area contributed by atoms with Crippen LogP contribution in [0.4, 0.5) is 0 Å². The predicted octanol–water partition coefficient (Wildman–Crippen LogP) is 4.62. The molecule has 0 fully saturated rings. The summed E-state index contributed by atoms with van der Waals surface area (Å²) in [5.41, 5.74) is 5.96. The molecule has 0 saturated carbocycles. The number of aromatic nitrogens is 4. The Balaban J connectivity index is 1.52. The molecule has 1 amide bonds. The van der Waals surface area contributed by atoms with E-state index in [4.69, 9.17) is 11.6 Å². The van der Waals surface area contributed by atoms with E-state index in [1.54, 1.807) is 12.4 Å². The molecule has 9 heteroatoms. The minimum absolute atomic E-state index is 0.138. The monoisotopic (exact) mass is 462 g/mol. The minimum Gasteiger partial charge on any atom is -0.272 e. The quantitative estimate of drug-likeness (QED) is 0.246. The van der Waals surface area contributed by atoms with Crippen LogP contribution >= 0.6 is 23.4 Å². The lowest BCUT2D eigenvalue weighted by molar-refractivity contribution is -0.118. The number of rotatable bonds is 7. The lowest BCUT2D eigenvalue weighted by Gasteiger charge is -2.10. The van der Waals surface area contributed by atoms with Crippen molar-refractivity contribution in [2.75, 3.05) is 5.75 Å². The number of carbonyl (C=O) groups excluding carboxylic acids is 1. The molecule has 4 rings (SSSR count). The third-order valence-corrected chi connectivity index (χ3v) is 5.71. The van der Waals surface area contributed by atoms with Gasteiger partial charge in [0, 0.05) is 34.2 Å². The van der Waals surface area contributed by atoms with Crippen LogP contribution in [0.15, 0.2) is 89.4 Å². The number of halogens is 1. The standard InChI is InChI=1S/C23H19ClN6OS/c1-16(17-11-13-25-14-12-17)26-27-21(31)15-32-23-29-28-22(18-7-9-19(24)10-8-18)30(23)20-5-3-2-4-6-20/h2-14H,15H2,1H3,(H,27,31). The molecule has 0 spiro atoms. The zero-order chi connectivity index (χ0) is 22.3. The summed E-state index contributed by atoms with van der Waals surface area (Å²) in [6.07, 6.45) is 3.36. The zero-order valence-electron chi connectivity index (χ0n) is 17.1. The van der Waals surface area contributed by atoms with Crippen molar-refractivity contribution in [3.63, 3.8) is 0 Å². The van der Waals surface area contributed by atoms with Crippen LogP contribution in [0.2, 0.25) is 5.02 Å². The Kier molecular flexibility index (Phi) is 6.94. The van der Waals surface area contributed by atoms with Gasteiger partial charge >= 0.3 is 0 Å². The topological polar surface area (TPSA) is 85.1 Å². The van der Waals surface area contributed by atoms with Crippen molar-refractivity contribution in [1.29, 1.82) is 0 Å². The second-order valence-electron chi connectivity index (χ2n) is 6.74. The third-order valence-electron chi connectivity index (χ3n) is 4.53. The lowest BCUT2D eigenvalue weighted by Crippen LogP contribution is -2.21. The van der Waals surface area contributed by atoms with Crippen LogP contribution in [-0.4, -0.2) is 37.1 Å². The van der Waals surface area contributed by atoms with Gasteiger partial charge in [0.15, 0.2) is 11.0 Å². The van der Waals surface area contributed by atoms with Crippen LogP contribution in [0, 0.1) is 0 Å². The first-order chi connectivity index (χ1) is 15.6. The largest absolute Gasteiger partial charge is 0.272 e. The van der Waals surface area contributed by atoms with Gasteiger partial charge in [0.25, 0.3) is 5.91 Å². The molecule has 0 aliphatic carbocycles.